The van der Waals surface area contributed by atoms with Gasteiger partial charge in [0.15, 0.2) is 5.11 Å². The van der Waals surface area contributed by atoms with E-state index in [9.17, 15) is 0 Å². The number of hydrogen-bond donors (Lipinski definition) is 2. The summed E-state index contributed by atoms with van der Waals surface area (Å²) < 4.78 is 0. The first-order valence-corrected chi connectivity index (χ1v) is 12.9. The molecule has 166 valence electrons. The molecule has 4 heteroatoms. The number of nitrogens with one attached hydrogen (secondary N) is 2. The van der Waals surface area contributed by atoms with E-state index in [4.69, 9.17) is 12.2 Å². The molecule has 0 amide bonds. The zero-order chi connectivity index (χ0) is 22.2. The Morgan fingerprint density at radius 2 is 1.66 bits per heavy atom. The van der Waals surface area contributed by atoms with Crippen molar-refractivity contribution in [1.29, 1.82) is 0 Å². The molecule has 0 saturated heterocycles. The second kappa shape index (κ2) is 11.0. The number of benzene rings is 3. The molecule has 0 aromatic heterocycles. The number of thioether (sulfide) groups is 1. The first-order chi connectivity index (χ1) is 15.6. The summed E-state index contributed by atoms with van der Waals surface area (Å²) >= 11 is 7.58. The van der Waals surface area contributed by atoms with Crippen molar-refractivity contribution in [3.8, 4) is 0 Å². The summed E-state index contributed by atoms with van der Waals surface area (Å²) in [6.07, 6.45) is 7.14. The maximum absolute atomic E-state index is 5.72. The Hall–Kier alpha value is -2.30. The Kier molecular flexibility index (Phi) is 7.88. The van der Waals surface area contributed by atoms with Gasteiger partial charge in [-0.25, -0.2) is 0 Å². The highest BCUT2D eigenvalue weighted by molar-refractivity contribution is 7.98. The van der Waals surface area contributed by atoms with Gasteiger partial charge in [0.05, 0.1) is 0 Å². The minimum Gasteiger partial charge on any atom is -0.357 e. The van der Waals surface area contributed by atoms with Gasteiger partial charge < -0.3 is 10.6 Å². The van der Waals surface area contributed by atoms with Gasteiger partial charge in [-0.1, -0.05) is 73.0 Å². The fraction of sp³-hybridized carbons (Fsp3) is 0.321. The number of aryl methyl sites for hydroxylation is 2. The third-order valence-corrected chi connectivity index (χ3v) is 7.56. The lowest BCUT2D eigenvalue weighted by atomic mass is 9.89. The van der Waals surface area contributed by atoms with Crippen LogP contribution in [0.5, 0.6) is 0 Å². The van der Waals surface area contributed by atoms with Crippen LogP contribution < -0.4 is 10.6 Å². The first-order valence-electron chi connectivity index (χ1n) is 11.5. The van der Waals surface area contributed by atoms with Gasteiger partial charge in [-0.15, -0.1) is 11.8 Å². The Balaban J connectivity index is 1.30. The highest BCUT2D eigenvalue weighted by Crippen LogP contribution is 2.34. The van der Waals surface area contributed by atoms with Crippen LogP contribution in [0.25, 0.3) is 0 Å². The average molecular weight is 461 g/mol. The highest BCUT2D eigenvalue weighted by Gasteiger charge is 2.34. The van der Waals surface area contributed by atoms with Crippen LogP contribution in [0.15, 0.2) is 83.8 Å². The van der Waals surface area contributed by atoms with Crippen molar-refractivity contribution in [3.63, 3.8) is 0 Å². The summed E-state index contributed by atoms with van der Waals surface area (Å²) in [6.45, 7) is 2.16. The van der Waals surface area contributed by atoms with E-state index in [1.807, 2.05) is 11.8 Å². The summed E-state index contributed by atoms with van der Waals surface area (Å²) in [5, 5.41) is 7.86. The zero-order valence-electron chi connectivity index (χ0n) is 18.8. The Labute approximate surface area is 202 Å². The van der Waals surface area contributed by atoms with Crippen LogP contribution in [-0.2, 0) is 12.2 Å². The lowest BCUT2D eigenvalue weighted by Crippen LogP contribution is -2.48. The van der Waals surface area contributed by atoms with Gasteiger partial charge >= 0.3 is 0 Å². The van der Waals surface area contributed by atoms with E-state index in [0.717, 1.165) is 29.4 Å². The van der Waals surface area contributed by atoms with E-state index in [2.05, 4.69) is 96.4 Å². The summed E-state index contributed by atoms with van der Waals surface area (Å²) in [6, 6.07) is 28.0. The van der Waals surface area contributed by atoms with Crippen LogP contribution in [0.3, 0.4) is 0 Å². The van der Waals surface area contributed by atoms with Crippen molar-refractivity contribution >= 4 is 34.8 Å². The third-order valence-electron chi connectivity index (χ3n) is 6.27. The van der Waals surface area contributed by atoms with Crippen LogP contribution in [-0.4, -0.2) is 10.7 Å². The number of anilines is 1. The lowest BCUT2D eigenvalue weighted by molar-refractivity contribution is 0.362. The number of thiocarbonyl (C=S) groups is 1. The second-order valence-corrected chi connectivity index (χ2v) is 10.3. The Morgan fingerprint density at radius 3 is 2.38 bits per heavy atom. The largest absolute Gasteiger partial charge is 0.357 e. The van der Waals surface area contributed by atoms with Gasteiger partial charge in [-0.2, -0.15) is 0 Å². The summed E-state index contributed by atoms with van der Waals surface area (Å²) in [5.41, 5.74) is 5.22. The van der Waals surface area contributed by atoms with E-state index >= 15 is 0 Å². The molecule has 0 radical (unpaired) electrons. The van der Waals surface area contributed by atoms with Crippen LogP contribution in [0, 0.1) is 6.92 Å². The molecule has 0 spiro atoms. The van der Waals surface area contributed by atoms with Crippen molar-refractivity contribution in [1.82, 2.24) is 5.32 Å². The molecule has 1 saturated carbocycles. The molecule has 1 aliphatic rings. The molecule has 0 aliphatic heterocycles. The standard InChI is InChI=1S/C28H32N2S2/c1-22-8-7-9-23(20-22)16-19-28(17-5-6-18-28)30-27(31)29-25-14-12-24(13-15-25)21-32-26-10-3-2-4-11-26/h2-4,7-15,20H,5-6,16-19,21H2,1H3,(H2,29,30,31). The fourth-order valence-electron chi connectivity index (χ4n) is 4.51. The molecule has 1 fully saturated rings. The Bertz CT molecular complexity index is 1010. The molecule has 0 atom stereocenters. The highest BCUT2D eigenvalue weighted by atomic mass is 32.2. The lowest BCUT2D eigenvalue weighted by Gasteiger charge is -2.32. The van der Waals surface area contributed by atoms with Crippen LogP contribution in [0.1, 0.15) is 48.8 Å². The molecule has 3 aromatic carbocycles. The monoisotopic (exact) mass is 460 g/mol. The number of hydrogen-bond acceptors (Lipinski definition) is 2. The van der Waals surface area contributed by atoms with Crippen LogP contribution in [0.4, 0.5) is 5.69 Å². The van der Waals surface area contributed by atoms with Crippen molar-refractivity contribution in [2.75, 3.05) is 5.32 Å². The molecule has 2 nitrogen and oxygen atoms in total. The predicted octanol–water partition coefficient (Wildman–Crippen LogP) is 7.52. The summed E-state index contributed by atoms with van der Waals surface area (Å²) in [7, 11) is 0. The second-order valence-electron chi connectivity index (χ2n) is 8.85. The van der Waals surface area contributed by atoms with Crippen molar-refractivity contribution < 1.29 is 0 Å². The molecule has 2 N–H and O–H groups in total. The number of rotatable bonds is 8. The van der Waals surface area contributed by atoms with Crippen LogP contribution >= 0.6 is 24.0 Å². The SMILES string of the molecule is Cc1cccc(CCC2(NC(=S)Nc3ccc(CSc4ccccc4)cc3)CCCC2)c1. The van der Waals surface area contributed by atoms with E-state index in [-0.39, 0.29) is 5.54 Å². The van der Waals surface area contributed by atoms with Gasteiger partial charge in [-0.3, -0.25) is 0 Å². The average Bonchev–Trinajstić information content (AvgIpc) is 3.26. The Morgan fingerprint density at radius 1 is 0.906 bits per heavy atom. The smallest absolute Gasteiger partial charge is 0.171 e. The van der Waals surface area contributed by atoms with Crippen molar-refractivity contribution in [2.45, 2.75) is 61.6 Å². The fourth-order valence-corrected chi connectivity index (χ4v) is 5.72. The maximum atomic E-state index is 5.72. The van der Waals surface area contributed by atoms with Crippen LogP contribution in [0.2, 0.25) is 0 Å². The molecule has 0 bridgehead atoms. The molecule has 32 heavy (non-hydrogen) atoms. The minimum absolute atomic E-state index is 0.111. The van der Waals surface area contributed by atoms with Gasteiger partial charge in [0.1, 0.15) is 0 Å². The first kappa shape index (κ1) is 22.9. The predicted molar refractivity (Wildman–Crippen MR) is 143 cm³/mol. The molecule has 0 unspecified atom stereocenters. The zero-order valence-corrected chi connectivity index (χ0v) is 20.4. The normalized spacial score (nSPS) is 14.8. The van der Waals surface area contributed by atoms with E-state index < -0.39 is 0 Å². The van der Waals surface area contributed by atoms with Crippen molar-refractivity contribution in [2.24, 2.45) is 0 Å². The molecular formula is C28H32N2S2. The van der Waals surface area contributed by atoms with Gasteiger partial charge in [-0.05, 0) is 80.2 Å². The third kappa shape index (κ3) is 6.60. The van der Waals surface area contributed by atoms with Gasteiger partial charge in [0.25, 0.3) is 0 Å². The quantitative estimate of drug-likeness (QED) is 0.268. The van der Waals surface area contributed by atoms with Gasteiger partial charge in [0, 0.05) is 21.9 Å². The maximum Gasteiger partial charge on any atom is 0.171 e. The molecule has 1 aliphatic carbocycles. The minimum atomic E-state index is 0.111. The van der Waals surface area contributed by atoms with E-state index in [1.54, 1.807) is 0 Å². The topological polar surface area (TPSA) is 24.1 Å². The van der Waals surface area contributed by atoms with Crippen molar-refractivity contribution in [3.05, 3.63) is 95.6 Å². The molecule has 0 heterocycles. The molecule has 3 aromatic rings. The van der Waals surface area contributed by atoms with E-state index in [0.29, 0.717) is 0 Å². The summed E-state index contributed by atoms with van der Waals surface area (Å²) in [5.74, 6) is 0.967. The van der Waals surface area contributed by atoms with E-state index in [1.165, 1.54) is 47.3 Å². The molecule has 4 rings (SSSR count). The molecular weight excluding hydrogens is 428 g/mol. The van der Waals surface area contributed by atoms with Gasteiger partial charge in [0.2, 0.25) is 0 Å². The summed E-state index contributed by atoms with van der Waals surface area (Å²) in [4.78, 5) is 1.30.